The fraction of sp³-hybridized carbons (Fsp3) is 0.455. The summed E-state index contributed by atoms with van der Waals surface area (Å²) in [5.41, 5.74) is 6.52. The number of hydrogen-bond donors (Lipinski definition) is 1. The monoisotopic (exact) mass is 364 g/mol. The van der Waals surface area contributed by atoms with E-state index in [1.165, 1.54) is 25.8 Å². The molecule has 0 atom stereocenters. The van der Waals surface area contributed by atoms with Gasteiger partial charge < -0.3 is 4.74 Å². The SMILES string of the molecule is CC1=C2CCN(CCCCOc3cccc(-c4cc[nH]n4)n3)CC2=CCC1. The zero-order chi connectivity index (χ0) is 18.5. The number of piperidine rings is 1. The molecule has 0 spiro atoms. The van der Waals surface area contributed by atoms with Crippen LogP contribution >= 0.6 is 0 Å². The van der Waals surface area contributed by atoms with Crippen molar-refractivity contribution in [3.8, 4) is 17.3 Å². The van der Waals surface area contributed by atoms with Gasteiger partial charge in [0.25, 0.3) is 0 Å². The molecule has 1 fully saturated rings. The second kappa shape index (κ2) is 8.53. The summed E-state index contributed by atoms with van der Waals surface area (Å²) in [7, 11) is 0. The average molecular weight is 364 g/mol. The number of H-pyrrole nitrogens is 1. The molecule has 3 heterocycles. The third-order valence-electron chi connectivity index (χ3n) is 5.49. The number of fused-ring (bicyclic) bond motifs is 1. The second-order valence-corrected chi connectivity index (χ2v) is 7.43. The van der Waals surface area contributed by atoms with Crippen LogP contribution in [-0.4, -0.2) is 46.3 Å². The van der Waals surface area contributed by atoms with Crippen molar-refractivity contribution in [2.45, 2.75) is 39.0 Å². The van der Waals surface area contributed by atoms with Gasteiger partial charge in [-0.25, -0.2) is 4.98 Å². The minimum absolute atomic E-state index is 0.672. The number of allylic oxidation sites excluding steroid dienone is 2. The van der Waals surface area contributed by atoms with Crippen molar-refractivity contribution < 1.29 is 4.74 Å². The normalized spacial score (nSPS) is 17.6. The third kappa shape index (κ3) is 4.48. The molecule has 2 aromatic heterocycles. The first-order valence-corrected chi connectivity index (χ1v) is 10.00. The zero-order valence-corrected chi connectivity index (χ0v) is 16.1. The lowest BCUT2D eigenvalue weighted by atomic mass is 9.87. The van der Waals surface area contributed by atoms with Crippen LogP contribution in [0.1, 0.15) is 39.0 Å². The predicted octanol–water partition coefficient (Wildman–Crippen LogP) is 4.37. The standard InChI is InChI=1S/C22H28N4O/c1-17-6-4-7-18-16-26(14-11-19(17)18)13-2-3-15-27-22-9-5-8-20(24-22)21-10-12-23-25-21/h5,7-10,12H,2-4,6,11,13-16H2,1H3,(H,23,25). The van der Waals surface area contributed by atoms with E-state index in [1.807, 2.05) is 24.3 Å². The van der Waals surface area contributed by atoms with Gasteiger partial charge in [-0.1, -0.05) is 17.7 Å². The van der Waals surface area contributed by atoms with Crippen LogP contribution in [0.15, 0.2) is 53.3 Å². The second-order valence-electron chi connectivity index (χ2n) is 7.43. The van der Waals surface area contributed by atoms with Gasteiger partial charge >= 0.3 is 0 Å². The quantitative estimate of drug-likeness (QED) is 0.741. The first kappa shape index (κ1) is 18.0. The smallest absolute Gasteiger partial charge is 0.213 e. The van der Waals surface area contributed by atoms with Crippen LogP contribution in [-0.2, 0) is 0 Å². The number of likely N-dealkylation sites (tertiary alicyclic amines) is 1. The zero-order valence-electron chi connectivity index (χ0n) is 16.1. The highest BCUT2D eigenvalue weighted by Crippen LogP contribution is 2.31. The molecular formula is C22H28N4O. The van der Waals surface area contributed by atoms with Crippen molar-refractivity contribution in [2.75, 3.05) is 26.2 Å². The van der Waals surface area contributed by atoms with Gasteiger partial charge in [-0.3, -0.25) is 10.00 Å². The number of rotatable bonds is 7. The first-order valence-electron chi connectivity index (χ1n) is 10.00. The van der Waals surface area contributed by atoms with Gasteiger partial charge in [0, 0.05) is 25.4 Å². The highest BCUT2D eigenvalue weighted by molar-refractivity contribution is 5.53. The molecule has 2 aromatic rings. The summed E-state index contributed by atoms with van der Waals surface area (Å²) in [5.74, 6) is 0.672. The van der Waals surface area contributed by atoms with E-state index in [0.717, 1.165) is 37.3 Å². The van der Waals surface area contributed by atoms with E-state index >= 15 is 0 Å². The first-order chi connectivity index (χ1) is 13.3. The number of aromatic nitrogens is 3. The van der Waals surface area contributed by atoms with Crippen LogP contribution in [0.2, 0.25) is 0 Å². The molecule has 27 heavy (non-hydrogen) atoms. The van der Waals surface area contributed by atoms with Crippen molar-refractivity contribution in [1.29, 1.82) is 0 Å². The van der Waals surface area contributed by atoms with Crippen molar-refractivity contribution in [2.24, 2.45) is 0 Å². The summed E-state index contributed by atoms with van der Waals surface area (Å²) < 4.78 is 5.85. The molecule has 0 bridgehead atoms. The number of nitrogens with one attached hydrogen (secondary N) is 1. The number of aromatic amines is 1. The average Bonchev–Trinajstić information content (AvgIpc) is 3.23. The number of ether oxygens (including phenoxy) is 1. The Balaban J connectivity index is 1.19. The Labute approximate surface area is 161 Å². The Hall–Kier alpha value is -2.40. The Morgan fingerprint density at radius 1 is 1.15 bits per heavy atom. The number of nitrogens with zero attached hydrogens (tertiary/aromatic N) is 3. The van der Waals surface area contributed by atoms with E-state index in [-0.39, 0.29) is 0 Å². The molecule has 142 valence electrons. The lowest BCUT2D eigenvalue weighted by Crippen LogP contribution is -2.34. The van der Waals surface area contributed by atoms with Crippen LogP contribution in [0.25, 0.3) is 11.4 Å². The van der Waals surface area contributed by atoms with E-state index < -0.39 is 0 Å². The highest BCUT2D eigenvalue weighted by Gasteiger charge is 2.21. The Morgan fingerprint density at radius 2 is 2.11 bits per heavy atom. The fourth-order valence-corrected chi connectivity index (χ4v) is 3.98. The number of unbranched alkanes of at least 4 members (excludes halogenated alkanes) is 1. The van der Waals surface area contributed by atoms with Gasteiger partial charge in [0.05, 0.1) is 12.3 Å². The minimum atomic E-state index is 0.672. The van der Waals surface area contributed by atoms with Crippen LogP contribution in [0.5, 0.6) is 5.88 Å². The topological polar surface area (TPSA) is 54.0 Å². The Kier molecular flexibility index (Phi) is 5.68. The fourth-order valence-electron chi connectivity index (χ4n) is 3.98. The maximum Gasteiger partial charge on any atom is 0.213 e. The molecule has 1 aliphatic heterocycles. The molecule has 1 aliphatic carbocycles. The molecule has 0 unspecified atom stereocenters. The number of pyridine rings is 1. The van der Waals surface area contributed by atoms with E-state index in [4.69, 9.17) is 4.74 Å². The predicted molar refractivity (Wildman–Crippen MR) is 108 cm³/mol. The summed E-state index contributed by atoms with van der Waals surface area (Å²) in [6, 6.07) is 7.73. The minimum Gasteiger partial charge on any atom is -0.478 e. The van der Waals surface area contributed by atoms with Crippen molar-refractivity contribution in [3.63, 3.8) is 0 Å². The molecule has 0 saturated carbocycles. The summed E-state index contributed by atoms with van der Waals surface area (Å²) in [6.07, 6.45) is 10.2. The molecule has 0 amide bonds. The highest BCUT2D eigenvalue weighted by atomic mass is 16.5. The van der Waals surface area contributed by atoms with E-state index in [9.17, 15) is 0 Å². The Morgan fingerprint density at radius 3 is 3.00 bits per heavy atom. The van der Waals surface area contributed by atoms with Gasteiger partial charge in [0.15, 0.2) is 0 Å². The molecule has 1 N–H and O–H groups in total. The molecule has 4 rings (SSSR count). The maximum atomic E-state index is 5.85. The van der Waals surface area contributed by atoms with E-state index in [0.29, 0.717) is 12.5 Å². The molecule has 5 nitrogen and oxygen atoms in total. The van der Waals surface area contributed by atoms with Crippen LogP contribution in [0.3, 0.4) is 0 Å². The molecule has 0 aromatic carbocycles. The largest absolute Gasteiger partial charge is 0.478 e. The van der Waals surface area contributed by atoms with E-state index in [2.05, 4.69) is 33.1 Å². The maximum absolute atomic E-state index is 5.85. The summed E-state index contributed by atoms with van der Waals surface area (Å²) in [5, 5.41) is 6.98. The summed E-state index contributed by atoms with van der Waals surface area (Å²) in [4.78, 5) is 7.11. The van der Waals surface area contributed by atoms with Gasteiger partial charge in [0.2, 0.25) is 5.88 Å². The Bertz CT molecular complexity index is 823. The van der Waals surface area contributed by atoms with Crippen LogP contribution in [0.4, 0.5) is 0 Å². The van der Waals surface area contributed by atoms with E-state index in [1.54, 1.807) is 22.9 Å². The van der Waals surface area contributed by atoms with Gasteiger partial charge in [0.1, 0.15) is 5.69 Å². The molecular weight excluding hydrogens is 336 g/mol. The molecule has 5 heteroatoms. The van der Waals surface area contributed by atoms with Crippen molar-refractivity contribution >= 4 is 0 Å². The van der Waals surface area contributed by atoms with Gasteiger partial charge in [-0.15, -0.1) is 0 Å². The summed E-state index contributed by atoms with van der Waals surface area (Å²) in [6.45, 7) is 6.48. The van der Waals surface area contributed by atoms with Crippen LogP contribution in [0, 0.1) is 0 Å². The summed E-state index contributed by atoms with van der Waals surface area (Å²) >= 11 is 0. The lowest BCUT2D eigenvalue weighted by Gasteiger charge is -2.33. The van der Waals surface area contributed by atoms with Crippen molar-refractivity contribution in [1.82, 2.24) is 20.1 Å². The lowest BCUT2D eigenvalue weighted by molar-refractivity contribution is 0.252. The molecule has 0 radical (unpaired) electrons. The number of hydrogen-bond acceptors (Lipinski definition) is 4. The third-order valence-corrected chi connectivity index (χ3v) is 5.49. The molecule has 1 saturated heterocycles. The van der Waals surface area contributed by atoms with Gasteiger partial charge in [-0.05, 0) is 68.9 Å². The van der Waals surface area contributed by atoms with Gasteiger partial charge in [-0.2, -0.15) is 5.10 Å². The van der Waals surface area contributed by atoms with Crippen LogP contribution < -0.4 is 4.74 Å². The van der Waals surface area contributed by atoms with Crippen molar-refractivity contribution in [3.05, 3.63) is 53.3 Å². The molecule has 2 aliphatic rings.